The van der Waals surface area contributed by atoms with Gasteiger partial charge in [-0.05, 0) is 69.5 Å². The number of aromatic amines is 1. The summed E-state index contributed by atoms with van der Waals surface area (Å²) in [6.45, 7) is 11.8. The minimum atomic E-state index is 0.536. The monoisotopic (exact) mass is 512 g/mol. The largest absolute Gasteiger partial charge is 0.359 e. The third kappa shape index (κ3) is 5.88. The lowest BCUT2D eigenvalue weighted by molar-refractivity contribution is 0.0188. The summed E-state index contributed by atoms with van der Waals surface area (Å²) in [7, 11) is 2.11. The third-order valence-corrected chi connectivity index (χ3v) is 6.07. The van der Waals surface area contributed by atoms with Crippen molar-refractivity contribution < 1.29 is 0 Å². The van der Waals surface area contributed by atoms with E-state index in [2.05, 4.69) is 64.3 Å². The molecule has 0 spiro atoms. The maximum atomic E-state index is 9.59. The number of thiol groups is 1. The summed E-state index contributed by atoms with van der Waals surface area (Å²) in [6, 6.07) is 13.9. The van der Waals surface area contributed by atoms with Gasteiger partial charge in [-0.2, -0.15) is 17.9 Å². The highest BCUT2D eigenvalue weighted by atomic mass is 32.1. The number of fused-ring (bicyclic) bond motifs is 1. The predicted molar refractivity (Wildman–Crippen MR) is 155 cm³/mol. The molecule has 0 amide bonds. The molecule has 0 unspecified atom stereocenters. The lowest BCUT2D eigenvalue weighted by Crippen LogP contribution is -2.52. The quantitative estimate of drug-likeness (QED) is 0.349. The van der Waals surface area contributed by atoms with Crippen LogP contribution in [0.15, 0.2) is 77.8 Å². The average molecular weight is 513 g/mol. The maximum absolute atomic E-state index is 9.59. The van der Waals surface area contributed by atoms with E-state index in [1.807, 2.05) is 49.5 Å². The van der Waals surface area contributed by atoms with Gasteiger partial charge in [0.1, 0.15) is 17.7 Å². The number of hydrogen-bond donors (Lipinski definition) is 4. The smallest absolute Gasteiger partial charge is 0.138 e. The second-order valence-corrected chi connectivity index (χ2v) is 9.10. The molecular weight excluding hydrogens is 480 g/mol. The number of anilines is 1. The molecule has 190 valence electrons. The van der Waals surface area contributed by atoms with Gasteiger partial charge in [0.05, 0.1) is 35.6 Å². The molecule has 0 aliphatic carbocycles. The molecule has 0 radical (unpaired) electrons. The number of imidazole rings is 1. The van der Waals surface area contributed by atoms with Crippen LogP contribution in [-0.2, 0) is 0 Å². The Labute approximate surface area is 223 Å². The van der Waals surface area contributed by atoms with Crippen molar-refractivity contribution >= 4 is 35.2 Å². The second-order valence-electron chi connectivity index (χ2n) is 9.10. The average Bonchev–Trinajstić information content (AvgIpc) is 3.29. The van der Waals surface area contributed by atoms with E-state index in [0.29, 0.717) is 11.4 Å². The molecule has 8 nitrogen and oxygen atoms in total. The Balaban J connectivity index is 0.00000156. The zero-order chi connectivity index (χ0) is 26.5. The normalized spacial score (nSPS) is 17.1. The summed E-state index contributed by atoms with van der Waals surface area (Å²) >= 11 is 3.53. The number of benzene rings is 2. The molecule has 5 rings (SSSR count). The number of nitrogens with zero attached hydrogens (tertiary/aromatic N) is 5. The van der Waals surface area contributed by atoms with Gasteiger partial charge < -0.3 is 20.5 Å². The fourth-order valence-electron chi connectivity index (χ4n) is 4.27. The third-order valence-electron chi connectivity index (χ3n) is 6.07. The molecule has 0 saturated carbocycles. The van der Waals surface area contributed by atoms with Crippen molar-refractivity contribution in [1.82, 2.24) is 25.1 Å². The first kappa shape index (κ1) is 26.1. The zero-order valence-corrected chi connectivity index (χ0v) is 22.4. The second kappa shape index (κ2) is 11.4. The lowest BCUT2D eigenvalue weighted by atomic mass is 10.1. The molecule has 1 saturated heterocycles. The van der Waals surface area contributed by atoms with Gasteiger partial charge in [0, 0.05) is 34.4 Å². The molecule has 1 aromatic heterocycles. The highest BCUT2D eigenvalue weighted by Crippen LogP contribution is 2.27. The van der Waals surface area contributed by atoms with Crippen molar-refractivity contribution in [2.45, 2.75) is 19.8 Å². The maximum Gasteiger partial charge on any atom is 0.138 e. The van der Waals surface area contributed by atoms with E-state index in [1.165, 1.54) is 5.70 Å². The number of H-pyrrole nitrogens is 1. The van der Waals surface area contributed by atoms with Crippen LogP contribution in [0, 0.1) is 11.3 Å². The van der Waals surface area contributed by atoms with Gasteiger partial charge in [-0.3, -0.25) is 4.90 Å². The van der Waals surface area contributed by atoms with E-state index in [4.69, 9.17) is 9.98 Å². The van der Waals surface area contributed by atoms with Crippen LogP contribution in [0.4, 0.5) is 5.69 Å². The number of nitrogens with one attached hydrogen (secondary N) is 3. The number of aromatic nitrogens is 2. The molecule has 2 aliphatic rings. The van der Waals surface area contributed by atoms with Crippen LogP contribution >= 0.6 is 12.6 Å². The topological polar surface area (TPSA) is 95.4 Å². The van der Waals surface area contributed by atoms with Gasteiger partial charge in [0.25, 0.3) is 0 Å². The highest BCUT2D eigenvalue weighted by molar-refractivity contribution is 7.79. The minimum absolute atomic E-state index is 0.536. The number of hydrogen-bond acceptors (Lipinski definition) is 8. The van der Waals surface area contributed by atoms with Gasteiger partial charge in [-0.1, -0.05) is 13.2 Å². The van der Waals surface area contributed by atoms with Crippen molar-refractivity contribution in [2.24, 2.45) is 4.99 Å². The van der Waals surface area contributed by atoms with Gasteiger partial charge in [-0.25, -0.2) is 9.98 Å². The van der Waals surface area contributed by atoms with Gasteiger partial charge in [0.15, 0.2) is 0 Å². The Hall–Kier alpha value is -4.00. The van der Waals surface area contributed by atoms with E-state index < -0.39 is 0 Å². The fourth-order valence-corrected chi connectivity index (χ4v) is 4.27. The van der Waals surface area contributed by atoms with Crippen LogP contribution in [0.1, 0.15) is 30.9 Å². The first-order valence-electron chi connectivity index (χ1n) is 12.0. The molecular formula is C28H32N8S. The van der Waals surface area contributed by atoms with Crippen molar-refractivity contribution in [3.8, 4) is 17.5 Å². The van der Waals surface area contributed by atoms with Crippen molar-refractivity contribution in [1.29, 1.82) is 5.26 Å². The number of rotatable bonds is 5. The van der Waals surface area contributed by atoms with Gasteiger partial charge in [0.2, 0.25) is 0 Å². The Morgan fingerprint density at radius 2 is 1.89 bits per heavy atom. The van der Waals surface area contributed by atoms with E-state index in [0.717, 1.165) is 71.3 Å². The first-order valence-corrected chi connectivity index (χ1v) is 12.9. The van der Waals surface area contributed by atoms with Crippen molar-refractivity contribution in [3.63, 3.8) is 0 Å². The van der Waals surface area contributed by atoms with E-state index >= 15 is 0 Å². The van der Waals surface area contributed by atoms with Gasteiger partial charge >= 0.3 is 0 Å². The Kier molecular flexibility index (Phi) is 8.01. The number of aliphatic imine (C=N–C) groups is 1. The van der Waals surface area contributed by atoms with E-state index in [1.54, 1.807) is 6.26 Å². The van der Waals surface area contributed by atoms with Crippen LogP contribution in [0.3, 0.4) is 0 Å². The van der Waals surface area contributed by atoms with Gasteiger partial charge in [-0.15, -0.1) is 0 Å². The number of amidine groups is 1. The van der Waals surface area contributed by atoms with Crippen LogP contribution in [0.25, 0.3) is 22.4 Å². The number of nitriles is 1. The fraction of sp³-hybridized carbons (Fsp3) is 0.250. The standard InChI is InChI=1S/C27H28N8.CH4S/c1-17(2)30-23-9-6-19(11-21(23)13-28)27-32-24-10-7-20(12-25(24)33-27)26-29-14-22(8-5-18(3)31-26)35-15-34(4)16-35;1-2/h6-7,9-12,14,30H,1,3,5,8,15-16H2,2,4H3,(H,29,31)(H,32,33);2H,1H3/b22-14+;. The molecule has 9 heteroatoms. The lowest BCUT2D eigenvalue weighted by Gasteiger charge is -2.43. The molecule has 0 bridgehead atoms. The molecule has 37 heavy (non-hydrogen) atoms. The first-order chi connectivity index (χ1) is 17.9. The highest BCUT2D eigenvalue weighted by Gasteiger charge is 2.23. The Morgan fingerprint density at radius 3 is 2.59 bits per heavy atom. The van der Waals surface area contributed by atoms with Crippen molar-refractivity contribution in [2.75, 3.05) is 32.0 Å². The minimum Gasteiger partial charge on any atom is -0.359 e. The summed E-state index contributed by atoms with van der Waals surface area (Å²) < 4.78 is 0. The summed E-state index contributed by atoms with van der Waals surface area (Å²) in [6.07, 6.45) is 5.44. The summed E-state index contributed by atoms with van der Waals surface area (Å²) in [5.74, 6) is 1.47. The summed E-state index contributed by atoms with van der Waals surface area (Å²) in [5, 5.41) is 16.1. The molecule has 3 heterocycles. The molecule has 3 aromatic rings. The van der Waals surface area contributed by atoms with Crippen LogP contribution in [0.2, 0.25) is 0 Å². The van der Waals surface area contributed by atoms with Crippen LogP contribution < -0.4 is 10.6 Å². The molecule has 3 N–H and O–H groups in total. The van der Waals surface area contributed by atoms with Crippen LogP contribution in [0.5, 0.6) is 0 Å². The SMILES string of the molecule is C=C(C)Nc1ccc(-c2nc3ccc(C4=N/C=C(/N5CN(C)C5)CCC(=C)N4)cc3[nH]2)cc1C#N.CS. The van der Waals surface area contributed by atoms with E-state index in [9.17, 15) is 5.26 Å². The van der Waals surface area contributed by atoms with E-state index in [-0.39, 0.29) is 0 Å². The van der Waals surface area contributed by atoms with Crippen LogP contribution in [-0.4, -0.2) is 52.2 Å². The Bertz CT molecular complexity index is 1440. The summed E-state index contributed by atoms with van der Waals surface area (Å²) in [4.78, 5) is 17.5. The molecule has 0 atom stereocenters. The van der Waals surface area contributed by atoms with Crippen molar-refractivity contribution in [3.05, 3.63) is 84.0 Å². The molecule has 2 aliphatic heterocycles. The number of allylic oxidation sites excluding steroid dienone is 3. The molecule has 2 aromatic carbocycles. The molecule has 1 fully saturated rings. The summed E-state index contributed by atoms with van der Waals surface area (Å²) in [5.41, 5.74) is 7.74. The zero-order valence-electron chi connectivity index (χ0n) is 21.5. The predicted octanol–water partition coefficient (Wildman–Crippen LogP) is 5.24. The Morgan fingerprint density at radius 1 is 1.14 bits per heavy atom.